The third kappa shape index (κ3) is 11.1. The van der Waals surface area contributed by atoms with E-state index in [0.717, 1.165) is 103 Å². The highest BCUT2D eigenvalue weighted by Gasteiger charge is 2.65. The van der Waals surface area contributed by atoms with E-state index in [2.05, 4.69) is 54.0 Å². The summed E-state index contributed by atoms with van der Waals surface area (Å²) in [5.74, 6) is 0.0314. The lowest BCUT2D eigenvalue weighted by atomic mass is 9.55. The summed E-state index contributed by atoms with van der Waals surface area (Å²) in [4.78, 5) is 37.3. The Labute approximate surface area is 412 Å². The molecule has 6 unspecified atom stereocenters. The Morgan fingerprint density at radius 3 is 2.49 bits per heavy atom. The number of oxime groups is 1. The van der Waals surface area contributed by atoms with Crippen LogP contribution >= 0.6 is 0 Å². The molecule has 3 fully saturated rings. The van der Waals surface area contributed by atoms with Gasteiger partial charge in [-0.05, 0) is 108 Å². The number of rotatable bonds is 25. The molecule has 1 saturated heterocycles. The summed E-state index contributed by atoms with van der Waals surface area (Å²) in [6.07, 6.45) is 14.8. The zero-order valence-corrected chi connectivity index (χ0v) is 40.5. The van der Waals surface area contributed by atoms with Gasteiger partial charge in [0.2, 0.25) is 11.7 Å². The molecular weight excluding hydrogens is 885 g/mol. The van der Waals surface area contributed by atoms with Gasteiger partial charge in [-0.1, -0.05) is 98.3 Å². The first-order valence-corrected chi connectivity index (χ1v) is 25.8. The molecule has 4 aromatic rings. The number of ether oxygens (including phenoxy) is 3. The van der Waals surface area contributed by atoms with E-state index in [1.807, 2.05) is 29.2 Å². The number of nitro groups is 1. The average Bonchev–Trinajstić information content (AvgIpc) is 4.05. The normalized spacial score (nSPS) is 24.3. The van der Waals surface area contributed by atoms with E-state index in [4.69, 9.17) is 24.2 Å². The number of carbonyl (C=O) groups excluding carboxylic acids is 1. The molecule has 2 heterocycles. The molecule has 0 spiro atoms. The number of allylic oxidation sites excluding steroid dienone is 1. The molecule has 0 radical (unpaired) electrons. The highest BCUT2D eigenvalue weighted by atomic mass is 16.7. The van der Waals surface area contributed by atoms with Crippen LogP contribution in [-0.2, 0) is 27.5 Å². The number of hydrogen-bond acceptors (Lipinski definition) is 11. The number of hydrogen-bond donors (Lipinski definition) is 2. The van der Waals surface area contributed by atoms with E-state index in [1.165, 1.54) is 25.0 Å². The van der Waals surface area contributed by atoms with Gasteiger partial charge in [0, 0.05) is 75.8 Å². The second-order valence-corrected chi connectivity index (χ2v) is 20.0. The van der Waals surface area contributed by atoms with Crippen LogP contribution in [0.25, 0.3) is 10.8 Å². The lowest BCUT2D eigenvalue weighted by Gasteiger charge is -2.60. The van der Waals surface area contributed by atoms with E-state index in [-0.39, 0.29) is 62.2 Å². The zero-order valence-electron chi connectivity index (χ0n) is 40.5. The van der Waals surface area contributed by atoms with Crippen LogP contribution in [0.4, 0.5) is 5.69 Å². The Morgan fingerprint density at radius 1 is 0.957 bits per heavy atom. The van der Waals surface area contributed by atoms with Crippen molar-refractivity contribution >= 4 is 28.1 Å². The fourth-order valence-corrected chi connectivity index (χ4v) is 12.0. The molecule has 13 heteroatoms. The molecule has 372 valence electrons. The number of amides is 1. The lowest BCUT2D eigenvalue weighted by Crippen LogP contribution is -2.70. The number of nitro benzene ring substituents is 1. The number of benzene rings is 4. The molecule has 2 aliphatic heterocycles. The van der Waals surface area contributed by atoms with E-state index in [0.29, 0.717) is 49.8 Å². The first-order valence-electron chi connectivity index (χ1n) is 25.8. The third-order valence-electron chi connectivity index (χ3n) is 15.6. The molecule has 0 bridgehead atoms. The largest absolute Gasteiger partial charge is 0.492 e. The molecule has 2 saturated carbocycles. The Kier molecular flexibility index (Phi) is 16.3. The summed E-state index contributed by atoms with van der Waals surface area (Å²) < 4.78 is 21.4. The van der Waals surface area contributed by atoms with Crippen molar-refractivity contribution in [2.75, 3.05) is 46.1 Å². The Balaban J connectivity index is 1.22. The molecule has 3 aliphatic carbocycles. The van der Waals surface area contributed by atoms with Crippen LogP contribution in [0.5, 0.6) is 11.5 Å². The molecule has 5 aliphatic rings. The fourth-order valence-electron chi connectivity index (χ4n) is 12.0. The molecule has 9 rings (SSSR count). The standard InChI is InChI=1S/C57H70N4O9/c1-2-33-68-57-53(60(54(64)27-22-40-12-3-4-13-40)38-44-17-11-16-42-14-5-6-18-47(42)44)37-51(58-69-39-41-20-23-45(24-21-41)61(65)66)49-35-43(15-7-9-31-62)48(19-8-10-32-63)55(56(49)57)50-36-46(25-26-52(50)70-57)67-34-30-59-28-29-59/h2,5-6,11,14,16-18,20-21,23-26,35-36,40,43,48,53,55-56,62-63H,1,3-4,7-10,12-13,15,19,22,27-34,37-39H2. The van der Waals surface area contributed by atoms with Crippen molar-refractivity contribution in [2.24, 2.45) is 28.8 Å². The number of unbranched alkanes of at least 4 members (excludes halogenated alkanes) is 2. The molecule has 6 atom stereocenters. The topological polar surface area (TPSA) is 156 Å². The molecule has 70 heavy (non-hydrogen) atoms. The number of carbonyl (C=O) groups is 1. The maximum atomic E-state index is 15.5. The molecule has 2 N–H and O–H groups in total. The predicted octanol–water partition coefficient (Wildman–Crippen LogP) is 10.3. The van der Waals surface area contributed by atoms with Gasteiger partial charge in [-0.2, -0.15) is 0 Å². The minimum atomic E-state index is -1.41. The van der Waals surface area contributed by atoms with Crippen LogP contribution in [0.3, 0.4) is 0 Å². The first kappa shape index (κ1) is 49.4. The van der Waals surface area contributed by atoms with E-state index >= 15 is 4.79 Å². The van der Waals surface area contributed by atoms with Crippen LogP contribution in [0.15, 0.2) is 114 Å². The van der Waals surface area contributed by atoms with Crippen molar-refractivity contribution in [3.8, 4) is 11.5 Å². The summed E-state index contributed by atoms with van der Waals surface area (Å²) in [6, 6.07) is 26.4. The number of fused-ring (bicyclic) bond motifs is 3. The van der Waals surface area contributed by atoms with Crippen LogP contribution < -0.4 is 9.47 Å². The van der Waals surface area contributed by atoms with Crippen molar-refractivity contribution in [3.63, 3.8) is 0 Å². The van der Waals surface area contributed by atoms with Crippen LogP contribution in [0, 0.1) is 33.8 Å². The van der Waals surface area contributed by atoms with E-state index in [1.54, 1.807) is 18.2 Å². The van der Waals surface area contributed by atoms with Gasteiger partial charge in [0.15, 0.2) is 0 Å². The Morgan fingerprint density at radius 2 is 1.73 bits per heavy atom. The SMILES string of the molecule is C=CCOC12Oc3ccc(OCCN4CC4)cc3C3C(CCCCO)C(CCCCO)C=C(C(=NOCc4ccc([N+](=O)[O-])cc4)CC1N(Cc1cccc4ccccc14)C(=O)CCC1CCCC1)C32. The lowest BCUT2D eigenvalue weighted by molar-refractivity contribution is -0.384. The minimum Gasteiger partial charge on any atom is -0.492 e. The van der Waals surface area contributed by atoms with Crippen LogP contribution in [0.2, 0.25) is 0 Å². The number of aliphatic hydroxyl groups is 2. The molecule has 13 nitrogen and oxygen atoms in total. The molecule has 1 amide bonds. The van der Waals surface area contributed by atoms with Gasteiger partial charge in [0.05, 0.1) is 23.2 Å². The highest BCUT2D eigenvalue weighted by molar-refractivity contribution is 6.03. The van der Waals surface area contributed by atoms with Gasteiger partial charge >= 0.3 is 0 Å². The Hall–Kier alpha value is -5.60. The van der Waals surface area contributed by atoms with Crippen LogP contribution in [-0.4, -0.2) is 94.4 Å². The Bertz CT molecular complexity index is 2500. The zero-order chi connectivity index (χ0) is 48.5. The smallest absolute Gasteiger partial charge is 0.269 e. The van der Waals surface area contributed by atoms with E-state index in [9.17, 15) is 20.3 Å². The van der Waals surface area contributed by atoms with Crippen LogP contribution in [0.1, 0.15) is 106 Å². The maximum Gasteiger partial charge on any atom is 0.269 e. The fraction of sp³-hybridized carbons (Fsp3) is 0.509. The van der Waals surface area contributed by atoms with Gasteiger partial charge in [-0.25, -0.2) is 0 Å². The van der Waals surface area contributed by atoms with Crippen molar-refractivity contribution in [2.45, 2.75) is 114 Å². The van der Waals surface area contributed by atoms with Gasteiger partial charge in [0.1, 0.15) is 30.8 Å². The van der Waals surface area contributed by atoms with Gasteiger partial charge in [-0.3, -0.25) is 19.8 Å². The summed E-state index contributed by atoms with van der Waals surface area (Å²) in [6.45, 7) is 8.46. The van der Waals surface area contributed by atoms with Crippen molar-refractivity contribution < 1.29 is 39.0 Å². The second-order valence-electron chi connectivity index (χ2n) is 20.0. The summed E-state index contributed by atoms with van der Waals surface area (Å²) in [5.41, 5.74) is 4.41. The minimum absolute atomic E-state index is 0.00375. The third-order valence-corrected chi connectivity index (χ3v) is 15.6. The number of non-ortho nitro benzene ring substituents is 1. The summed E-state index contributed by atoms with van der Waals surface area (Å²) in [5, 5.41) is 38.8. The second kappa shape index (κ2) is 23.1. The summed E-state index contributed by atoms with van der Waals surface area (Å²) in [7, 11) is 0. The molecular formula is C57H70N4O9. The summed E-state index contributed by atoms with van der Waals surface area (Å²) >= 11 is 0. The van der Waals surface area contributed by atoms with E-state index < -0.39 is 22.7 Å². The average molecular weight is 955 g/mol. The van der Waals surface area contributed by atoms with Gasteiger partial charge in [0.25, 0.3) is 5.69 Å². The van der Waals surface area contributed by atoms with Crippen molar-refractivity contribution in [1.82, 2.24) is 9.80 Å². The highest BCUT2D eigenvalue weighted by Crippen LogP contribution is 2.62. The van der Waals surface area contributed by atoms with Gasteiger partial charge in [-0.15, -0.1) is 6.58 Å². The number of aliphatic hydroxyl groups excluding tert-OH is 2. The van der Waals surface area contributed by atoms with Crippen molar-refractivity contribution in [3.05, 3.63) is 136 Å². The first-order chi connectivity index (χ1) is 34.3. The maximum absolute atomic E-state index is 15.5. The molecule has 0 aromatic heterocycles. The quantitative estimate of drug-likeness (QED) is 0.0216. The predicted molar refractivity (Wildman–Crippen MR) is 270 cm³/mol. The number of nitrogens with zero attached hydrogens (tertiary/aromatic N) is 4. The van der Waals surface area contributed by atoms with Gasteiger partial charge < -0.3 is 34.2 Å². The molecule has 4 aromatic carbocycles. The van der Waals surface area contributed by atoms with Crippen molar-refractivity contribution in [1.29, 1.82) is 0 Å². The monoisotopic (exact) mass is 955 g/mol.